The Bertz CT molecular complexity index is 406. The highest BCUT2D eigenvalue weighted by atomic mass is 16.5. The van der Waals surface area contributed by atoms with E-state index in [1.807, 2.05) is 13.1 Å². The van der Waals surface area contributed by atoms with Gasteiger partial charge in [-0.25, -0.2) is 0 Å². The predicted octanol–water partition coefficient (Wildman–Crippen LogP) is 0.911. The predicted molar refractivity (Wildman–Crippen MR) is 101 cm³/mol. The molecule has 0 aromatic heterocycles. The number of nitrogens with one attached hydrogen (secondary N) is 2. The average Bonchev–Trinajstić information content (AvgIpc) is 2.60. The van der Waals surface area contributed by atoms with E-state index < -0.39 is 0 Å². The third-order valence-electron chi connectivity index (χ3n) is 5.09. The molecule has 2 heterocycles. The molecule has 138 valence electrons. The maximum Gasteiger partial charge on any atom is 0.191 e. The number of morpholine rings is 1. The van der Waals surface area contributed by atoms with Crippen LogP contribution in [-0.4, -0.2) is 86.9 Å². The van der Waals surface area contributed by atoms with Crippen molar-refractivity contribution < 1.29 is 4.74 Å². The zero-order valence-electron chi connectivity index (χ0n) is 15.6. The zero-order chi connectivity index (χ0) is 17.4. The fourth-order valence-corrected chi connectivity index (χ4v) is 3.59. The molecule has 0 aromatic rings. The highest BCUT2D eigenvalue weighted by molar-refractivity contribution is 5.80. The second kappa shape index (κ2) is 10.0. The maximum absolute atomic E-state index is 5.53. The summed E-state index contributed by atoms with van der Waals surface area (Å²) < 4.78 is 5.53. The Morgan fingerprint density at radius 1 is 1.38 bits per heavy atom. The van der Waals surface area contributed by atoms with E-state index in [1.165, 1.54) is 0 Å². The van der Waals surface area contributed by atoms with E-state index in [4.69, 9.17) is 4.74 Å². The molecule has 0 saturated carbocycles. The first kappa shape index (κ1) is 19.2. The van der Waals surface area contributed by atoms with Gasteiger partial charge >= 0.3 is 0 Å². The van der Waals surface area contributed by atoms with Gasteiger partial charge in [0.25, 0.3) is 0 Å². The molecule has 0 amide bonds. The van der Waals surface area contributed by atoms with Gasteiger partial charge in [0, 0.05) is 57.9 Å². The number of hydrogen-bond acceptors (Lipinski definition) is 4. The third kappa shape index (κ3) is 5.76. The lowest BCUT2D eigenvalue weighted by atomic mass is 10.1. The first-order chi connectivity index (χ1) is 11.6. The summed E-state index contributed by atoms with van der Waals surface area (Å²) in [5, 5.41) is 7.08. The smallest absolute Gasteiger partial charge is 0.191 e. The lowest BCUT2D eigenvalue weighted by Crippen LogP contribution is -2.54. The van der Waals surface area contributed by atoms with Gasteiger partial charge in [-0.2, -0.15) is 0 Å². The molecule has 0 spiro atoms. The number of ether oxygens (including phenoxy) is 1. The Hall–Kier alpha value is -1.11. The summed E-state index contributed by atoms with van der Waals surface area (Å²) in [5.74, 6) is 0.921. The summed E-state index contributed by atoms with van der Waals surface area (Å²) in [6.07, 6.45) is 4.30. The number of rotatable bonds is 6. The van der Waals surface area contributed by atoms with Crippen LogP contribution in [-0.2, 0) is 4.74 Å². The van der Waals surface area contributed by atoms with Crippen LogP contribution < -0.4 is 10.6 Å². The first-order valence-electron chi connectivity index (χ1n) is 9.28. The molecule has 2 fully saturated rings. The fourth-order valence-electron chi connectivity index (χ4n) is 3.59. The molecule has 0 aromatic carbocycles. The van der Waals surface area contributed by atoms with Crippen molar-refractivity contribution in [2.24, 2.45) is 4.99 Å². The van der Waals surface area contributed by atoms with Crippen molar-refractivity contribution in [3.8, 4) is 0 Å². The number of nitrogens with zero attached hydrogens (tertiary/aromatic N) is 3. The molecule has 2 aliphatic heterocycles. The molecular weight excluding hydrogens is 302 g/mol. The summed E-state index contributed by atoms with van der Waals surface area (Å²) in [6, 6.07) is 1.46. The SMILES string of the molecule is C=CCN1CCC(NC(=NC)NCC(C)N2CCOCC2C)CC1. The minimum Gasteiger partial charge on any atom is -0.379 e. The normalized spacial score (nSPS) is 26.1. The van der Waals surface area contributed by atoms with Crippen LogP contribution in [0.4, 0.5) is 0 Å². The van der Waals surface area contributed by atoms with Crippen molar-refractivity contribution in [3.05, 3.63) is 12.7 Å². The van der Waals surface area contributed by atoms with Crippen LogP contribution >= 0.6 is 0 Å². The van der Waals surface area contributed by atoms with Gasteiger partial charge in [0.2, 0.25) is 0 Å². The molecular formula is C18H35N5O. The topological polar surface area (TPSA) is 52.1 Å². The molecule has 2 atom stereocenters. The van der Waals surface area contributed by atoms with Crippen molar-refractivity contribution in [2.75, 3.05) is 53.0 Å². The molecule has 6 nitrogen and oxygen atoms in total. The Kier molecular flexibility index (Phi) is 8.02. The monoisotopic (exact) mass is 337 g/mol. The molecule has 2 aliphatic rings. The number of likely N-dealkylation sites (tertiary alicyclic amines) is 1. The minimum absolute atomic E-state index is 0.469. The molecule has 24 heavy (non-hydrogen) atoms. The maximum atomic E-state index is 5.53. The van der Waals surface area contributed by atoms with Gasteiger partial charge in [-0.05, 0) is 26.7 Å². The summed E-state index contributed by atoms with van der Waals surface area (Å²) in [6.45, 7) is 15.2. The summed E-state index contributed by atoms with van der Waals surface area (Å²) in [7, 11) is 1.85. The van der Waals surface area contributed by atoms with Crippen LogP contribution in [0.2, 0.25) is 0 Å². The van der Waals surface area contributed by atoms with Gasteiger partial charge in [-0.1, -0.05) is 6.08 Å². The highest BCUT2D eigenvalue weighted by Gasteiger charge is 2.24. The molecule has 0 aliphatic carbocycles. The molecule has 2 N–H and O–H groups in total. The van der Waals surface area contributed by atoms with Crippen molar-refractivity contribution >= 4 is 5.96 Å². The van der Waals surface area contributed by atoms with Crippen LogP contribution in [0.25, 0.3) is 0 Å². The van der Waals surface area contributed by atoms with Crippen LogP contribution in [0.3, 0.4) is 0 Å². The van der Waals surface area contributed by atoms with Crippen molar-refractivity contribution in [1.29, 1.82) is 0 Å². The van der Waals surface area contributed by atoms with E-state index in [0.29, 0.717) is 18.1 Å². The van der Waals surface area contributed by atoms with Gasteiger partial charge in [0.15, 0.2) is 5.96 Å². The Labute approximate surface area is 147 Å². The summed E-state index contributed by atoms with van der Waals surface area (Å²) >= 11 is 0. The Morgan fingerprint density at radius 2 is 2.12 bits per heavy atom. The Morgan fingerprint density at radius 3 is 2.75 bits per heavy atom. The van der Waals surface area contributed by atoms with Gasteiger partial charge in [0.1, 0.15) is 0 Å². The molecule has 2 unspecified atom stereocenters. The lowest BCUT2D eigenvalue weighted by Gasteiger charge is -2.38. The van der Waals surface area contributed by atoms with E-state index >= 15 is 0 Å². The van der Waals surface area contributed by atoms with E-state index in [0.717, 1.165) is 64.7 Å². The Balaban J connectivity index is 1.71. The molecule has 0 bridgehead atoms. The average molecular weight is 338 g/mol. The quantitative estimate of drug-likeness (QED) is 0.429. The molecule has 0 radical (unpaired) electrons. The van der Waals surface area contributed by atoms with Crippen LogP contribution in [0.15, 0.2) is 17.6 Å². The van der Waals surface area contributed by atoms with Gasteiger partial charge in [0.05, 0.1) is 13.2 Å². The first-order valence-corrected chi connectivity index (χ1v) is 9.28. The van der Waals surface area contributed by atoms with E-state index in [2.05, 4.69) is 45.9 Å². The molecule has 6 heteroatoms. The number of hydrogen-bond donors (Lipinski definition) is 2. The third-order valence-corrected chi connectivity index (χ3v) is 5.09. The number of guanidine groups is 1. The zero-order valence-corrected chi connectivity index (χ0v) is 15.6. The van der Waals surface area contributed by atoms with Crippen molar-refractivity contribution in [2.45, 2.75) is 44.8 Å². The highest BCUT2D eigenvalue weighted by Crippen LogP contribution is 2.11. The summed E-state index contributed by atoms with van der Waals surface area (Å²) in [5.41, 5.74) is 0. The second-order valence-electron chi connectivity index (χ2n) is 6.97. The van der Waals surface area contributed by atoms with E-state index in [9.17, 15) is 0 Å². The molecule has 2 saturated heterocycles. The standard InChI is InChI=1S/C18H35N5O/c1-5-8-22-9-6-17(7-10-22)21-18(19-4)20-13-15(2)23-11-12-24-14-16(23)3/h5,15-17H,1,6-14H2,2-4H3,(H2,19,20,21). The van der Waals surface area contributed by atoms with E-state index in [1.54, 1.807) is 0 Å². The lowest BCUT2D eigenvalue weighted by molar-refractivity contribution is -0.0174. The van der Waals surface area contributed by atoms with Crippen molar-refractivity contribution in [1.82, 2.24) is 20.4 Å². The summed E-state index contributed by atoms with van der Waals surface area (Å²) in [4.78, 5) is 9.35. The number of aliphatic imine (C=N–C) groups is 1. The van der Waals surface area contributed by atoms with Crippen LogP contribution in [0.1, 0.15) is 26.7 Å². The fraction of sp³-hybridized carbons (Fsp3) is 0.833. The van der Waals surface area contributed by atoms with Crippen molar-refractivity contribution in [3.63, 3.8) is 0 Å². The van der Waals surface area contributed by atoms with Crippen LogP contribution in [0.5, 0.6) is 0 Å². The van der Waals surface area contributed by atoms with Crippen LogP contribution in [0, 0.1) is 0 Å². The van der Waals surface area contributed by atoms with Gasteiger partial charge in [-0.3, -0.25) is 14.8 Å². The van der Waals surface area contributed by atoms with Gasteiger partial charge in [-0.15, -0.1) is 6.58 Å². The van der Waals surface area contributed by atoms with E-state index in [-0.39, 0.29) is 0 Å². The largest absolute Gasteiger partial charge is 0.379 e. The van der Waals surface area contributed by atoms with Gasteiger partial charge < -0.3 is 15.4 Å². The minimum atomic E-state index is 0.469. The number of piperidine rings is 1. The molecule has 2 rings (SSSR count). The second-order valence-corrected chi connectivity index (χ2v) is 6.97.